The van der Waals surface area contributed by atoms with E-state index in [1.807, 2.05) is 6.07 Å². The largest absolute Gasteiger partial charge is 0.508 e. The Morgan fingerprint density at radius 2 is 1.52 bits per heavy atom. The van der Waals surface area contributed by atoms with E-state index in [0.717, 1.165) is 44.3 Å². The van der Waals surface area contributed by atoms with Crippen LogP contribution in [0.2, 0.25) is 0 Å². The summed E-state index contributed by atoms with van der Waals surface area (Å²) in [6.07, 6.45) is 15.0. The SMILES string of the molecule is CCCCCCc1ccc(O)cc1OCCCCCCCCCCC(=O)O. The Morgan fingerprint density at radius 1 is 0.889 bits per heavy atom. The van der Waals surface area contributed by atoms with Crippen molar-refractivity contribution < 1.29 is 19.7 Å². The van der Waals surface area contributed by atoms with E-state index >= 15 is 0 Å². The van der Waals surface area contributed by atoms with Gasteiger partial charge in [0.05, 0.1) is 6.61 Å². The number of carbonyl (C=O) groups is 1. The number of aromatic hydroxyl groups is 1. The highest BCUT2D eigenvalue weighted by Gasteiger charge is 2.05. The fourth-order valence-corrected chi connectivity index (χ4v) is 3.25. The van der Waals surface area contributed by atoms with Crippen LogP contribution in [0.5, 0.6) is 11.5 Å². The maximum atomic E-state index is 10.4. The Bertz CT molecular complexity index is 513. The molecule has 0 aliphatic rings. The minimum Gasteiger partial charge on any atom is -0.508 e. The number of carboxylic acids is 1. The van der Waals surface area contributed by atoms with Crippen LogP contribution in [-0.4, -0.2) is 22.8 Å². The summed E-state index contributed by atoms with van der Waals surface area (Å²) in [6, 6.07) is 5.48. The smallest absolute Gasteiger partial charge is 0.303 e. The first-order chi connectivity index (χ1) is 13.1. The summed E-state index contributed by atoms with van der Waals surface area (Å²) < 4.78 is 5.94. The van der Waals surface area contributed by atoms with Gasteiger partial charge in [0.25, 0.3) is 0 Å². The predicted octanol–water partition coefficient (Wildman–Crippen LogP) is 6.49. The van der Waals surface area contributed by atoms with Gasteiger partial charge in [-0.25, -0.2) is 0 Å². The van der Waals surface area contributed by atoms with Crippen LogP contribution in [0.15, 0.2) is 18.2 Å². The lowest BCUT2D eigenvalue weighted by atomic mass is 10.0. The molecule has 0 radical (unpaired) electrons. The van der Waals surface area contributed by atoms with E-state index in [4.69, 9.17) is 9.84 Å². The molecule has 0 unspecified atom stereocenters. The fourth-order valence-electron chi connectivity index (χ4n) is 3.25. The maximum absolute atomic E-state index is 10.4. The lowest BCUT2D eigenvalue weighted by molar-refractivity contribution is -0.137. The molecule has 2 N–H and O–H groups in total. The Balaban J connectivity index is 2.11. The van der Waals surface area contributed by atoms with Crippen LogP contribution in [0.4, 0.5) is 0 Å². The van der Waals surface area contributed by atoms with Gasteiger partial charge < -0.3 is 14.9 Å². The van der Waals surface area contributed by atoms with Crippen molar-refractivity contribution in [3.63, 3.8) is 0 Å². The quantitative estimate of drug-likeness (QED) is 0.304. The molecule has 1 aromatic carbocycles. The molecule has 1 aromatic rings. The van der Waals surface area contributed by atoms with Crippen LogP contribution in [0.3, 0.4) is 0 Å². The van der Waals surface area contributed by atoms with Crippen molar-refractivity contribution in [2.45, 2.75) is 96.8 Å². The molecule has 0 aromatic heterocycles. The maximum Gasteiger partial charge on any atom is 0.303 e. The molecule has 154 valence electrons. The van der Waals surface area contributed by atoms with Crippen LogP contribution >= 0.6 is 0 Å². The van der Waals surface area contributed by atoms with Gasteiger partial charge in [0.2, 0.25) is 0 Å². The van der Waals surface area contributed by atoms with Crippen LogP contribution in [0.1, 0.15) is 96.0 Å². The van der Waals surface area contributed by atoms with E-state index in [-0.39, 0.29) is 5.75 Å². The average Bonchev–Trinajstić information content (AvgIpc) is 2.64. The summed E-state index contributed by atoms with van der Waals surface area (Å²) in [6.45, 7) is 2.92. The zero-order chi connectivity index (χ0) is 19.7. The van der Waals surface area contributed by atoms with Crippen LogP contribution in [0.25, 0.3) is 0 Å². The normalized spacial score (nSPS) is 10.9. The molecule has 0 aliphatic heterocycles. The number of carboxylic acid groups (broad SMARTS) is 1. The van der Waals surface area contributed by atoms with E-state index in [9.17, 15) is 9.90 Å². The van der Waals surface area contributed by atoms with Crippen molar-refractivity contribution in [2.24, 2.45) is 0 Å². The molecule has 0 saturated carbocycles. The summed E-state index contributed by atoms with van der Waals surface area (Å²) in [5.41, 5.74) is 1.20. The zero-order valence-electron chi connectivity index (χ0n) is 17.0. The van der Waals surface area contributed by atoms with Gasteiger partial charge in [-0.3, -0.25) is 4.79 Å². The molecule has 0 amide bonds. The van der Waals surface area contributed by atoms with Gasteiger partial charge in [0.15, 0.2) is 0 Å². The number of phenolic OH excluding ortho intramolecular Hbond substituents is 1. The van der Waals surface area contributed by atoms with Crippen LogP contribution < -0.4 is 4.74 Å². The van der Waals surface area contributed by atoms with Crippen molar-refractivity contribution in [1.29, 1.82) is 0 Å². The molecule has 4 nitrogen and oxygen atoms in total. The monoisotopic (exact) mass is 378 g/mol. The van der Waals surface area contributed by atoms with Gasteiger partial charge in [-0.15, -0.1) is 0 Å². The lowest BCUT2D eigenvalue weighted by Crippen LogP contribution is -2.00. The van der Waals surface area contributed by atoms with Crippen molar-refractivity contribution in [2.75, 3.05) is 6.61 Å². The summed E-state index contributed by atoms with van der Waals surface area (Å²) in [5.74, 6) is 0.418. The standard InChI is InChI=1S/C23H38O4/c1-2-3-4-11-14-20-16-17-21(24)19-22(20)27-18-13-10-8-6-5-7-9-12-15-23(25)26/h16-17,19,24H,2-15,18H2,1H3,(H,25,26). The van der Waals surface area contributed by atoms with Gasteiger partial charge in [-0.2, -0.15) is 0 Å². The Kier molecular flexibility index (Phi) is 13.3. The Labute approximate surface area is 164 Å². The second-order valence-electron chi connectivity index (χ2n) is 7.42. The Morgan fingerprint density at radius 3 is 2.19 bits per heavy atom. The van der Waals surface area contributed by atoms with Gasteiger partial charge >= 0.3 is 5.97 Å². The molecular formula is C23H38O4. The first-order valence-corrected chi connectivity index (χ1v) is 10.8. The summed E-state index contributed by atoms with van der Waals surface area (Å²) >= 11 is 0. The second-order valence-corrected chi connectivity index (χ2v) is 7.42. The highest BCUT2D eigenvalue weighted by Crippen LogP contribution is 2.26. The van der Waals surface area contributed by atoms with Crippen LogP contribution in [0, 0.1) is 0 Å². The molecule has 0 saturated heterocycles. The van der Waals surface area contributed by atoms with Crippen molar-refractivity contribution in [3.05, 3.63) is 23.8 Å². The van der Waals surface area contributed by atoms with E-state index in [1.54, 1.807) is 12.1 Å². The molecular weight excluding hydrogens is 340 g/mol. The number of hydrogen-bond donors (Lipinski definition) is 2. The molecule has 0 heterocycles. The number of rotatable bonds is 17. The van der Waals surface area contributed by atoms with Gasteiger partial charge in [0.1, 0.15) is 11.5 Å². The molecule has 0 atom stereocenters. The summed E-state index contributed by atoms with van der Waals surface area (Å²) in [7, 11) is 0. The second kappa shape index (κ2) is 15.4. The van der Waals surface area contributed by atoms with Gasteiger partial charge in [-0.05, 0) is 37.3 Å². The third-order valence-corrected chi connectivity index (χ3v) is 4.89. The fraction of sp³-hybridized carbons (Fsp3) is 0.696. The number of hydrogen-bond acceptors (Lipinski definition) is 3. The molecule has 0 aliphatic carbocycles. The highest BCUT2D eigenvalue weighted by molar-refractivity contribution is 5.66. The van der Waals surface area contributed by atoms with Crippen molar-refractivity contribution in [1.82, 2.24) is 0 Å². The Hall–Kier alpha value is -1.71. The minimum absolute atomic E-state index is 0.269. The molecule has 4 heteroatoms. The van der Waals surface area contributed by atoms with E-state index < -0.39 is 5.97 Å². The van der Waals surface area contributed by atoms with E-state index in [1.165, 1.54) is 50.5 Å². The number of unbranched alkanes of at least 4 members (excludes halogenated alkanes) is 10. The first kappa shape index (κ1) is 23.3. The van der Waals surface area contributed by atoms with E-state index in [0.29, 0.717) is 13.0 Å². The van der Waals surface area contributed by atoms with Gasteiger partial charge in [-0.1, -0.05) is 70.8 Å². The predicted molar refractivity (Wildman–Crippen MR) is 111 cm³/mol. The number of phenols is 1. The third-order valence-electron chi connectivity index (χ3n) is 4.89. The minimum atomic E-state index is -0.689. The molecule has 1 rings (SSSR count). The molecule has 0 spiro atoms. The number of benzene rings is 1. The number of aryl methyl sites for hydroxylation is 1. The summed E-state index contributed by atoms with van der Waals surface area (Å²) in [4.78, 5) is 10.4. The zero-order valence-corrected chi connectivity index (χ0v) is 17.0. The van der Waals surface area contributed by atoms with Crippen molar-refractivity contribution >= 4 is 5.97 Å². The highest BCUT2D eigenvalue weighted by atomic mass is 16.5. The van der Waals surface area contributed by atoms with Crippen LogP contribution in [-0.2, 0) is 11.2 Å². The third kappa shape index (κ3) is 12.3. The average molecular weight is 379 g/mol. The topological polar surface area (TPSA) is 66.8 Å². The molecule has 0 fully saturated rings. The molecule has 0 bridgehead atoms. The van der Waals surface area contributed by atoms with Gasteiger partial charge in [0, 0.05) is 12.5 Å². The lowest BCUT2D eigenvalue weighted by Gasteiger charge is -2.12. The van der Waals surface area contributed by atoms with Crippen molar-refractivity contribution in [3.8, 4) is 11.5 Å². The number of ether oxygens (including phenoxy) is 1. The molecule has 27 heavy (non-hydrogen) atoms. The first-order valence-electron chi connectivity index (χ1n) is 10.8. The summed E-state index contributed by atoms with van der Waals surface area (Å²) in [5, 5.41) is 18.3. The van der Waals surface area contributed by atoms with E-state index in [2.05, 4.69) is 6.92 Å². The number of aliphatic carboxylic acids is 1.